The van der Waals surface area contributed by atoms with Crippen molar-refractivity contribution in [1.82, 2.24) is 19.6 Å². The standard InChI is InChI=1S/C14H22N4O2/c1-5-7-18-13(12(20-4)8-15-18)14(19)10-9-17(3)16-11(10)6-2/h8-9,14,19H,5-7H2,1-4H3. The maximum atomic E-state index is 10.7. The molecule has 2 aromatic heterocycles. The topological polar surface area (TPSA) is 65.1 Å². The van der Waals surface area contributed by atoms with Crippen molar-refractivity contribution in [3.8, 4) is 5.75 Å². The number of aryl methyl sites for hydroxylation is 3. The van der Waals surface area contributed by atoms with E-state index in [2.05, 4.69) is 17.1 Å². The molecule has 0 aliphatic carbocycles. The number of hydrogen-bond acceptors (Lipinski definition) is 4. The number of rotatable bonds is 6. The van der Waals surface area contributed by atoms with Crippen LogP contribution < -0.4 is 4.74 Å². The van der Waals surface area contributed by atoms with Crippen LogP contribution in [0, 0.1) is 0 Å². The molecule has 6 nitrogen and oxygen atoms in total. The van der Waals surface area contributed by atoms with Crippen LogP contribution in [0.15, 0.2) is 12.4 Å². The van der Waals surface area contributed by atoms with Crippen molar-refractivity contribution < 1.29 is 9.84 Å². The molecule has 6 heteroatoms. The van der Waals surface area contributed by atoms with E-state index < -0.39 is 6.10 Å². The molecule has 0 aliphatic heterocycles. The summed E-state index contributed by atoms with van der Waals surface area (Å²) < 4.78 is 8.85. The third-order valence-electron chi connectivity index (χ3n) is 3.33. The first kappa shape index (κ1) is 14.6. The Hall–Kier alpha value is -1.82. The summed E-state index contributed by atoms with van der Waals surface area (Å²) in [6.45, 7) is 4.85. The third-order valence-corrected chi connectivity index (χ3v) is 3.33. The molecule has 110 valence electrons. The highest BCUT2D eigenvalue weighted by atomic mass is 16.5. The third kappa shape index (κ3) is 2.56. The van der Waals surface area contributed by atoms with E-state index in [9.17, 15) is 5.11 Å². The first-order chi connectivity index (χ1) is 9.62. The molecule has 0 aromatic carbocycles. The first-order valence-electron chi connectivity index (χ1n) is 6.92. The van der Waals surface area contributed by atoms with Gasteiger partial charge < -0.3 is 9.84 Å². The molecular formula is C14H22N4O2. The van der Waals surface area contributed by atoms with E-state index >= 15 is 0 Å². The fourth-order valence-electron chi connectivity index (χ4n) is 2.40. The van der Waals surface area contributed by atoms with Crippen molar-refractivity contribution in [2.45, 2.75) is 39.3 Å². The SMILES string of the molecule is CCCn1ncc(OC)c1C(O)c1cn(C)nc1CC. The molecule has 0 saturated carbocycles. The van der Waals surface area contributed by atoms with E-state index in [1.165, 1.54) is 0 Å². The van der Waals surface area contributed by atoms with E-state index in [0.29, 0.717) is 11.4 Å². The molecule has 0 aliphatic rings. The second-order valence-corrected chi connectivity index (χ2v) is 4.78. The van der Waals surface area contributed by atoms with Crippen LogP contribution in [0.5, 0.6) is 5.75 Å². The van der Waals surface area contributed by atoms with Gasteiger partial charge in [0.25, 0.3) is 0 Å². The van der Waals surface area contributed by atoms with Gasteiger partial charge in [0, 0.05) is 25.4 Å². The van der Waals surface area contributed by atoms with Crippen molar-refractivity contribution in [1.29, 1.82) is 0 Å². The Morgan fingerprint density at radius 3 is 2.75 bits per heavy atom. The van der Waals surface area contributed by atoms with Crippen molar-refractivity contribution in [3.05, 3.63) is 29.3 Å². The quantitative estimate of drug-likeness (QED) is 0.873. The molecular weight excluding hydrogens is 256 g/mol. The normalized spacial score (nSPS) is 12.7. The van der Waals surface area contributed by atoms with Gasteiger partial charge in [0.1, 0.15) is 11.8 Å². The van der Waals surface area contributed by atoms with Crippen LogP contribution in [-0.2, 0) is 20.0 Å². The molecule has 1 atom stereocenters. The molecule has 1 unspecified atom stereocenters. The van der Waals surface area contributed by atoms with Gasteiger partial charge in [-0.15, -0.1) is 0 Å². The lowest BCUT2D eigenvalue weighted by atomic mass is 10.1. The minimum atomic E-state index is -0.775. The van der Waals surface area contributed by atoms with E-state index in [4.69, 9.17) is 4.74 Å². The van der Waals surface area contributed by atoms with Gasteiger partial charge in [0.15, 0.2) is 5.75 Å². The van der Waals surface area contributed by atoms with Crippen LogP contribution in [-0.4, -0.2) is 31.8 Å². The Morgan fingerprint density at radius 1 is 1.40 bits per heavy atom. The summed E-state index contributed by atoms with van der Waals surface area (Å²) in [6, 6.07) is 0. The number of nitrogens with zero attached hydrogens (tertiary/aromatic N) is 4. The zero-order valence-corrected chi connectivity index (χ0v) is 12.5. The maximum absolute atomic E-state index is 10.7. The van der Waals surface area contributed by atoms with E-state index in [-0.39, 0.29) is 0 Å². The average Bonchev–Trinajstić information content (AvgIpc) is 3.01. The number of aromatic nitrogens is 4. The van der Waals surface area contributed by atoms with E-state index in [0.717, 1.165) is 30.6 Å². The van der Waals surface area contributed by atoms with E-state index in [1.54, 1.807) is 22.7 Å². The number of hydrogen-bond donors (Lipinski definition) is 1. The van der Waals surface area contributed by atoms with E-state index in [1.807, 2.05) is 20.2 Å². The van der Waals surface area contributed by atoms with Gasteiger partial charge in [-0.25, -0.2) is 0 Å². The molecule has 2 heterocycles. The molecule has 1 N–H and O–H groups in total. The lowest BCUT2D eigenvalue weighted by molar-refractivity contribution is 0.201. The number of aliphatic hydroxyl groups excluding tert-OH is 1. The Morgan fingerprint density at radius 2 is 2.15 bits per heavy atom. The summed E-state index contributed by atoms with van der Waals surface area (Å²) in [6.07, 6.45) is 4.45. The lowest BCUT2D eigenvalue weighted by Gasteiger charge is -2.14. The van der Waals surface area contributed by atoms with Gasteiger partial charge in [-0.1, -0.05) is 13.8 Å². The van der Waals surface area contributed by atoms with Crippen LogP contribution in [0.3, 0.4) is 0 Å². The summed E-state index contributed by atoms with van der Waals surface area (Å²) in [4.78, 5) is 0. The first-order valence-corrected chi connectivity index (χ1v) is 6.92. The predicted molar refractivity (Wildman–Crippen MR) is 75.7 cm³/mol. The Balaban J connectivity index is 2.45. The molecule has 0 saturated heterocycles. The molecule has 2 aromatic rings. The second kappa shape index (κ2) is 6.09. The number of ether oxygens (including phenoxy) is 1. The van der Waals surface area contributed by atoms with Gasteiger partial charge >= 0.3 is 0 Å². The zero-order chi connectivity index (χ0) is 14.7. The molecule has 0 fully saturated rings. The highest BCUT2D eigenvalue weighted by molar-refractivity contribution is 5.35. The molecule has 20 heavy (non-hydrogen) atoms. The number of methoxy groups -OCH3 is 1. The fourth-order valence-corrected chi connectivity index (χ4v) is 2.40. The zero-order valence-electron chi connectivity index (χ0n) is 12.5. The largest absolute Gasteiger partial charge is 0.493 e. The van der Waals surface area contributed by atoms with Crippen molar-refractivity contribution in [3.63, 3.8) is 0 Å². The van der Waals surface area contributed by atoms with Gasteiger partial charge in [-0.3, -0.25) is 9.36 Å². The minimum absolute atomic E-state index is 0.608. The van der Waals surface area contributed by atoms with Crippen molar-refractivity contribution in [2.75, 3.05) is 7.11 Å². The van der Waals surface area contributed by atoms with Crippen LogP contribution >= 0.6 is 0 Å². The Kier molecular flexibility index (Phi) is 4.44. The van der Waals surface area contributed by atoms with Gasteiger partial charge in [-0.2, -0.15) is 10.2 Å². The highest BCUT2D eigenvalue weighted by Gasteiger charge is 2.24. The minimum Gasteiger partial charge on any atom is -0.493 e. The molecule has 0 amide bonds. The maximum Gasteiger partial charge on any atom is 0.163 e. The summed E-state index contributed by atoms with van der Waals surface area (Å²) in [7, 11) is 3.45. The van der Waals surface area contributed by atoms with Crippen molar-refractivity contribution >= 4 is 0 Å². The Labute approximate surface area is 119 Å². The molecule has 0 radical (unpaired) electrons. The van der Waals surface area contributed by atoms with Crippen LogP contribution in [0.25, 0.3) is 0 Å². The monoisotopic (exact) mass is 278 g/mol. The van der Waals surface area contributed by atoms with Gasteiger partial charge in [0.2, 0.25) is 0 Å². The lowest BCUT2D eigenvalue weighted by Crippen LogP contribution is -2.12. The summed E-state index contributed by atoms with van der Waals surface area (Å²) in [5.74, 6) is 0.608. The van der Waals surface area contributed by atoms with Crippen LogP contribution in [0.4, 0.5) is 0 Å². The van der Waals surface area contributed by atoms with Gasteiger partial charge in [0.05, 0.1) is 19.0 Å². The summed E-state index contributed by atoms with van der Waals surface area (Å²) in [5, 5.41) is 19.4. The summed E-state index contributed by atoms with van der Waals surface area (Å²) >= 11 is 0. The smallest absolute Gasteiger partial charge is 0.163 e. The van der Waals surface area contributed by atoms with Crippen molar-refractivity contribution in [2.24, 2.45) is 7.05 Å². The van der Waals surface area contributed by atoms with Crippen LogP contribution in [0.1, 0.15) is 43.3 Å². The number of aliphatic hydroxyl groups is 1. The van der Waals surface area contributed by atoms with Crippen LogP contribution in [0.2, 0.25) is 0 Å². The fraction of sp³-hybridized carbons (Fsp3) is 0.571. The predicted octanol–water partition coefficient (Wildman–Crippen LogP) is 1.68. The molecule has 2 rings (SSSR count). The second-order valence-electron chi connectivity index (χ2n) is 4.78. The Bertz CT molecular complexity index is 574. The molecule has 0 bridgehead atoms. The average molecular weight is 278 g/mol. The summed E-state index contributed by atoms with van der Waals surface area (Å²) in [5.41, 5.74) is 2.40. The highest BCUT2D eigenvalue weighted by Crippen LogP contribution is 2.31. The molecule has 0 spiro atoms. The van der Waals surface area contributed by atoms with Gasteiger partial charge in [-0.05, 0) is 12.8 Å².